The molecule has 1 fully saturated rings. The second-order valence-electron chi connectivity index (χ2n) is 5.23. The lowest BCUT2D eigenvalue weighted by Crippen LogP contribution is -2.45. The summed E-state index contributed by atoms with van der Waals surface area (Å²) in [5.41, 5.74) is 0. The number of ether oxygens (including phenoxy) is 1. The van der Waals surface area contributed by atoms with Gasteiger partial charge in [0.05, 0.1) is 6.61 Å². The van der Waals surface area contributed by atoms with Crippen molar-refractivity contribution in [3.8, 4) is 0 Å². The van der Waals surface area contributed by atoms with E-state index in [-0.39, 0.29) is 0 Å². The molecule has 17 heavy (non-hydrogen) atoms. The first-order valence-corrected chi connectivity index (χ1v) is 7.20. The average Bonchev–Trinajstić information content (AvgIpc) is 3.15. The fourth-order valence-electron chi connectivity index (χ4n) is 2.40. The van der Waals surface area contributed by atoms with Crippen molar-refractivity contribution < 1.29 is 4.74 Å². The Balaban J connectivity index is 2.28. The third-order valence-corrected chi connectivity index (χ3v) is 3.82. The minimum absolute atomic E-state index is 0.623. The largest absolute Gasteiger partial charge is 0.383 e. The lowest BCUT2D eigenvalue weighted by molar-refractivity contribution is 0.117. The minimum Gasteiger partial charge on any atom is -0.383 e. The van der Waals surface area contributed by atoms with Crippen molar-refractivity contribution in [3.63, 3.8) is 0 Å². The van der Waals surface area contributed by atoms with Crippen molar-refractivity contribution in [2.45, 2.75) is 64.6 Å². The fourth-order valence-corrected chi connectivity index (χ4v) is 2.40. The van der Waals surface area contributed by atoms with E-state index in [1.165, 1.54) is 25.7 Å². The Hall–Kier alpha value is -0.120. The topological polar surface area (TPSA) is 24.5 Å². The van der Waals surface area contributed by atoms with Crippen LogP contribution in [0.5, 0.6) is 0 Å². The molecule has 1 rings (SSSR count). The molecule has 0 aliphatic heterocycles. The van der Waals surface area contributed by atoms with Crippen molar-refractivity contribution >= 4 is 0 Å². The summed E-state index contributed by atoms with van der Waals surface area (Å²) < 4.78 is 5.21. The van der Waals surface area contributed by atoms with Crippen LogP contribution in [0.4, 0.5) is 0 Å². The van der Waals surface area contributed by atoms with E-state index in [2.05, 4.69) is 31.0 Å². The summed E-state index contributed by atoms with van der Waals surface area (Å²) in [5.74, 6) is 0. The highest BCUT2D eigenvalue weighted by molar-refractivity contribution is 4.88. The molecule has 3 heteroatoms. The van der Waals surface area contributed by atoms with Crippen LogP contribution in [-0.2, 0) is 4.74 Å². The molecule has 102 valence electrons. The third kappa shape index (κ3) is 5.36. The van der Waals surface area contributed by atoms with Crippen LogP contribution in [0.1, 0.15) is 46.5 Å². The highest BCUT2D eigenvalue weighted by Crippen LogP contribution is 2.28. The molecule has 0 amide bonds. The van der Waals surface area contributed by atoms with Gasteiger partial charge >= 0.3 is 0 Å². The zero-order valence-electron chi connectivity index (χ0n) is 12.0. The second-order valence-corrected chi connectivity index (χ2v) is 5.23. The highest BCUT2D eigenvalue weighted by Gasteiger charge is 2.31. The third-order valence-electron chi connectivity index (χ3n) is 3.82. The summed E-state index contributed by atoms with van der Waals surface area (Å²) in [6, 6.07) is 2.13. The molecular weight excluding hydrogens is 212 g/mol. The Bertz CT molecular complexity index is 191. The molecule has 1 atom stereocenters. The van der Waals surface area contributed by atoms with Gasteiger partial charge in [-0.05, 0) is 32.6 Å². The van der Waals surface area contributed by atoms with Crippen LogP contribution in [0.15, 0.2) is 0 Å². The van der Waals surface area contributed by atoms with Gasteiger partial charge in [-0.1, -0.05) is 13.8 Å². The van der Waals surface area contributed by atoms with Crippen LogP contribution in [-0.4, -0.2) is 49.8 Å². The Morgan fingerprint density at radius 3 is 2.41 bits per heavy atom. The lowest BCUT2D eigenvalue weighted by Gasteiger charge is -2.30. The maximum atomic E-state index is 5.21. The zero-order valence-corrected chi connectivity index (χ0v) is 12.0. The molecule has 0 spiro atoms. The van der Waals surface area contributed by atoms with E-state index in [1.807, 2.05) is 0 Å². The molecule has 0 aromatic carbocycles. The summed E-state index contributed by atoms with van der Waals surface area (Å²) >= 11 is 0. The SMILES string of the molecule is CCC(CC)NCC(C)N(CCOC)C1CC1. The van der Waals surface area contributed by atoms with Crippen LogP contribution in [0.3, 0.4) is 0 Å². The summed E-state index contributed by atoms with van der Waals surface area (Å²) in [4.78, 5) is 2.61. The summed E-state index contributed by atoms with van der Waals surface area (Å²) in [6.45, 7) is 9.89. The Morgan fingerprint density at radius 2 is 1.94 bits per heavy atom. The predicted molar refractivity (Wildman–Crippen MR) is 73.4 cm³/mol. The van der Waals surface area contributed by atoms with E-state index >= 15 is 0 Å². The maximum absolute atomic E-state index is 5.21. The number of nitrogens with one attached hydrogen (secondary N) is 1. The number of hydrogen-bond acceptors (Lipinski definition) is 3. The molecular formula is C14H30N2O. The number of rotatable bonds is 10. The van der Waals surface area contributed by atoms with Crippen molar-refractivity contribution in [2.24, 2.45) is 0 Å². The molecule has 1 N–H and O–H groups in total. The van der Waals surface area contributed by atoms with E-state index in [0.717, 1.165) is 25.7 Å². The summed E-state index contributed by atoms with van der Waals surface area (Å²) in [6.07, 6.45) is 5.20. The molecule has 1 unspecified atom stereocenters. The van der Waals surface area contributed by atoms with Gasteiger partial charge in [0, 0.05) is 38.3 Å². The van der Waals surface area contributed by atoms with Gasteiger partial charge in [0.15, 0.2) is 0 Å². The molecule has 1 aliphatic carbocycles. The van der Waals surface area contributed by atoms with Gasteiger partial charge in [-0.3, -0.25) is 4.90 Å². The molecule has 1 saturated carbocycles. The fraction of sp³-hybridized carbons (Fsp3) is 1.00. The van der Waals surface area contributed by atoms with E-state index < -0.39 is 0 Å². The molecule has 0 aromatic heterocycles. The number of methoxy groups -OCH3 is 1. The molecule has 1 aliphatic rings. The Morgan fingerprint density at radius 1 is 1.29 bits per heavy atom. The first-order chi connectivity index (χ1) is 8.22. The van der Waals surface area contributed by atoms with E-state index in [0.29, 0.717) is 12.1 Å². The average molecular weight is 242 g/mol. The van der Waals surface area contributed by atoms with Gasteiger partial charge in [0.2, 0.25) is 0 Å². The van der Waals surface area contributed by atoms with Gasteiger partial charge < -0.3 is 10.1 Å². The Labute approximate surface area is 107 Å². The highest BCUT2D eigenvalue weighted by atomic mass is 16.5. The van der Waals surface area contributed by atoms with Crippen molar-refractivity contribution in [1.82, 2.24) is 10.2 Å². The van der Waals surface area contributed by atoms with Gasteiger partial charge in [0.1, 0.15) is 0 Å². The summed E-state index contributed by atoms with van der Waals surface area (Å²) in [7, 11) is 1.79. The van der Waals surface area contributed by atoms with Gasteiger partial charge in [-0.15, -0.1) is 0 Å². The zero-order chi connectivity index (χ0) is 12.7. The Kier molecular flexibility index (Phi) is 7.09. The normalized spacial score (nSPS) is 18.0. The van der Waals surface area contributed by atoms with Crippen LogP contribution >= 0.6 is 0 Å². The first-order valence-electron chi connectivity index (χ1n) is 7.20. The molecule has 0 saturated heterocycles. The quantitative estimate of drug-likeness (QED) is 0.636. The predicted octanol–water partition coefficient (Wildman–Crippen LogP) is 2.26. The van der Waals surface area contributed by atoms with Crippen molar-refractivity contribution in [2.75, 3.05) is 26.8 Å². The van der Waals surface area contributed by atoms with Crippen LogP contribution in [0, 0.1) is 0 Å². The number of nitrogens with zero attached hydrogens (tertiary/aromatic N) is 1. The van der Waals surface area contributed by atoms with Crippen LogP contribution in [0.25, 0.3) is 0 Å². The molecule has 3 nitrogen and oxygen atoms in total. The van der Waals surface area contributed by atoms with Crippen molar-refractivity contribution in [1.29, 1.82) is 0 Å². The lowest BCUT2D eigenvalue weighted by atomic mass is 10.1. The van der Waals surface area contributed by atoms with Crippen LogP contribution < -0.4 is 5.32 Å². The smallest absolute Gasteiger partial charge is 0.0589 e. The first kappa shape index (κ1) is 14.9. The minimum atomic E-state index is 0.623. The van der Waals surface area contributed by atoms with E-state index in [4.69, 9.17) is 4.74 Å². The van der Waals surface area contributed by atoms with Crippen LogP contribution in [0.2, 0.25) is 0 Å². The molecule has 0 bridgehead atoms. The van der Waals surface area contributed by atoms with E-state index in [1.54, 1.807) is 7.11 Å². The molecule has 0 heterocycles. The second kappa shape index (κ2) is 8.06. The maximum Gasteiger partial charge on any atom is 0.0589 e. The summed E-state index contributed by atoms with van der Waals surface area (Å²) in [5, 5.41) is 3.68. The number of hydrogen-bond donors (Lipinski definition) is 1. The molecule has 0 radical (unpaired) electrons. The standard InChI is InChI=1S/C14H30N2O/c1-5-13(6-2)15-11-12(3)16(9-10-17-4)14-7-8-14/h12-15H,5-11H2,1-4H3. The monoisotopic (exact) mass is 242 g/mol. The molecule has 0 aromatic rings. The van der Waals surface area contributed by atoms with Crippen molar-refractivity contribution in [3.05, 3.63) is 0 Å². The van der Waals surface area contributed by atoms with E-state index in [9.17, 15) is 0 Å². The van der Waals surface area contributed by atoms with Gasteiger partial charge in [-0.2, -0.15) is 0 Å². The van der Waals surface area contributed by atoms with Gasteiger partial charge in [0.25, 0.3) is 0 Å². The van der Waals surface area contributed by atoms with Gasteiger partial charge in [-0.25, -0.2) is 0 Å².